The monoisotopic (exact) mass is 341 g/mol. The van der Waals surface area contributed by atoms with Gasteiger partial charge < -0.3 is 20.3 Å². The number of ether oxygens (including phenoxy) is 1. The lowest BCUT2D eigenvalue weighted by Gasteiger charge is -2.29. The number of benzene rings is 1. The standard InChI is InChI=1S/C16H23N3O3.ClH/c1-22-10-8-17-11-15(20)18-12-16(21)19-9-4-6-13-5-2-3-7-14(13)19;/h2-3,5,7,17H,4,6,8-12H2,1H3,(H,18,20);1H. The molecule has 23 heavy (non-hydrogen) atoms. The van der Waals surface area contributed by atoms with E-state index < -0.39 is 0 Å². The smallest absolute Gasteiger partial charge is 0.246 e. The average Bonchev–Trinajstić information content (AvgIpc) is 2.56. The van der Waals surface area contributed by atoms with Crippen molar-refractivity contribution in [3.05, 3.63) is 29.8 Å². The van der Waals surface area contributed by atoms with Gasteiger partial charge in [0, 0.05) is 25.9 Å². The van der Waals surface area contributed by atoms with E-state index in [9.17, 15) is 9.59 Å². The Morgan fingerprint density at radius 1 is 1.26 bits per heavy atom. The predicted molar refractivity (Wildman–Crippen MR) is 92.1 cm³/mol. The summed E-state index contributed by atoms with van der Waals surface area (Å²) in [6, 6.07) is 7.93. The van der Waals surface area contributed by atoms with Gasteiger partial charge in [-0.05, 0) is 24.5 Å². The van der Waals surface area contributed by atoms with Crippen LogP contribution >= 0.6 is 12.4 Å². The number of carbonyl (C=O) groups excluding carboxylic acids is 2. The first kappa shape index (κ1) is 19.4. The molecule has 2 N–H and O–H groups in total. The molecule has 1 heterocycles. The molecule has 1 aromatic carbocycles. The lowest BCUT2D eigenvalue weighted by molar-refractivity contribution is -0.124. The third-order valence-corrected chi connectivity index (χ3v) is 3.62. The Labute approximate surface area is 143 Å². The van der Waals surface area contributed by atoms with Gasteiger partial charge in [-0.15, -0.1) is 12.4 Å². The van der Waals surface area contributed by atoms with Crippen LogP contribution in [0.1, 0.15) is 12.0 Å². The van der Waals surface area contributed by atoms with E-state index in [-0.39, 0.29) is 37.3 Å². The molecule has 0 saturated carbocycles. The van der Waals surface area contributed by atoms with Crippen molar-refractivity contribution in [1.82, 2.24) is 10.6 Å². The summed E-state index contributed by atoms with van der Waals surface area (Å²) in [5.41, 5.74) is 2.15. The molecule has 0 radical (unpaired) electrons. The number of aryl methyl sites for hydroxylation is 1. The molecule has 0 aromatic heterocycles. The quantitative estimate of drug-likeness (QED) is 0.718. The van der Waals surface area contributed by atoms with E-state index in [1.165, 1.54) is 5.56 Å². The van der Waals surface area contributed by atoms with Crippen LogP contribution in [0.2, 0.25) is 0 Å². The van der Waals surface area contributed by atoms with Gasteiger partial charge in [-0.2, -0.15) is 0 Å². The van der Waals surface area contributed by atoms with E-state index in [4.69, 9.17) is 4.74 Å². The summed E-state index contributed by atoms with van der Waals surface area (Å²) in [4.78, 5) is 25.7. The van der Waals surface area contributed by atoms with Crippen molar-refractivity contribution in [3.8, 4) is 0 Å². The second-order valence-electron chi connectivity index (χ2n) is 5.22. The van der Waals surface area contributed by atoms with E-state index in [2.05, 4.69) is 10.6 Å². The first-order valence-corrected chi connectivity index (χ1v) is 7.57. The molecule has 0 spiro atoms. The van der Waals surface area contributed by atoms with Crippen LogP contribution in [-0.4, -0.2) is 51.7 Å². The molecule has 0 atom stereocenters. The van der Waals surface area contributed by atoms with Gasteiger partial charge in [0.05, 0.1) is 19.7 Å². The summed E-state index contributed by atoms with van der Waals surface area (Å²) in [7, 11) is 1.61. The van der Waals surface area contributed by atoms with Crippen LogP contribution in [0.3, 0.4) is 0 Å². The summed E-state index contributed by atoms with van der Waals surface area (Å²) < 4.78 is 4.88. The Kier molecular flexibility index (Phi) is 8.61. The zero-order valence-corrected chi connectivity index (χ0v) is 14.2. The van der Waals surface area contributed by atoms with Crippen LogP contribution in [0.15, 0.2) is 24.3 Å². The number of methoxy groups -OCH3 is 1. The van der Waals surface area contributed by atoms with Crippen LogP contribution in [0.25, 0.3) is 0 Å². The molecule has 0 aliphatic carbocycles. The van der Waals surface area contributed by atoms with Crippen molar-refractivity contribution in [3.63, 3.8) is 0 Å². The Bertz CT molecular complexity index is 525. The first-order valence-electron chi connectivity index (χ1n) is 7.57. The highest BCUT2D eigenvalue weighted by Gasteiger charge is 2.22. The maximum absolute atomic E-state index is 12.3. The van der Waals surface area contributed by atoms with Crippen LogP contribution in [0.5, 0.6) is 0 Å². The predicted octanol–water partition coefficient (Wildman–Crippen LogP) is 0.740. The van der Waals surface area contributed by atoms with Crippen LogP contribution < -0.4 is 15.5 Å². The van der Waals surface area contributed by atoms with Crippen molar-refractivity contribution >= 4 is 29.9 Å². The van der Waals surface area contributed by atoms with Crippen molar-refractivity contribution < 1.29 is 14.3 Å². The summed E-state index contributed by atoms with van der Waals surface area (Å²) in [5.74, 6) is -0.257. The van der Waals surface area contributed by atoms with E-state index in [1.807, 2.05) is 24.3 Å². The van der Waals surface area contributed by atoms with Crippen molar-refractivity contribution in [2.45, 2.75) is 12.8 Å². The third kappa shape index (κ3) is 5.82. The molecule has 1 aliphatic rings. The minimum atomic E-state index is -0.185. The minimum absolute atomic E-state index is 0. The summed E-state index contributed by atoms with van der Waals surface area (Å²) >= 11 is 0. The van der Waals surface area contributed by atoms with Gasteiger partial charge >= 0.3 is 0 Å². The molecular formula is C16H24ClN3O3. The van der Waals surface area contributed by atoms with E-state index in [0.29, 0.717) is 19.7 Å². The fourth-order valence-corrected chi connectivity index (χ4v) is 2.50. The van der Waals surface area contributed by atoms with E-state index >= 15 is 0 Å². The normalized spacial score (nSPS) is 13.0. The number of amides is 2. The lowest BCUT2D eigenvalue weighted by Crippen LogP contribution is -2.44. The highest BCUT2D eigenvalue weighted by atomic mass is 35.5. The maximum atomic E-state index is 12.3. The third-order valence-electron chi connectivity index (χ3n) is 3.62. The van der Waals surface area contributed by atoms with Gasteiger partial charge in [-0.1, -0.05) is 18.2 Å². The second-order valence-corrected chi connectivity index (χ2v) is 5.22. The van der Waals surface area contributed by atoms with Crippen molar-refractivity contribution in [1.29, 1.82) is 0 Å². The fourth-order valence-electron chi connectivity index (χ4n) is 2.50. The molecule has 7 heteroatoms. The molecule has 128 valence electrons. The van der Waals surface area contributed by atoms with Crippen LogP contribution in [-0.2, 0) is 20.7 Å². The molecule has 2 amide bonds. The van der Waals surface area contributed by atoms with Gasteiger partial charge in [0.1, 0.15) is 0 Å². The summed E-state index contributed by atoms with van der Waals surface area (Å²) in [6.45, 7) is 2.08. The molecule has 0 bridgehead atoms. The fraction of sp³-hybridized carbons (Fsp3) is 0.500. The number of anilines is 1. The Morgan fingerprint density at radius 2 is 2.04 bits per heavy atom. The highest BCUT2D eigenvalue weighted by Crippen LogP contribution is 2.26. The number of hydrogen-bond acceptors (Lipinski definition) is 4. The topological polar surface area (TPSA) is 70.7 Å². The summed E-state index contributed by atoms with van der Waals surface area (Å²) in [5, 5.41) is 5.60. The molecule has 0 unspecified atom stereocenters. The molecule has 1 aromatic rings. The molecule has 0 saturated heterocycles. The second kappa shape index (κ2) is 10.2. The van der Waals surface area contributed by atoms with E-state index in [0.717, 1.165) is 18.5 Å². The van der Waals surface area contributed by atoms with Gasteiger partial charge in [0.25, 0.3) is 0 Å². The Hall–Kier alpha value is -1.63. The van der Waals surface area contributed by atoms with Gasteiger partial charge in [-0.3, -0.25) is 9.59 Å². The number of para-hydroxylation sites is 1. The highest BCUT2D eigenvalue weighted by molar-refractivity contribution is 5.97. The largest absolute Gasteiger partial charge is 0.383 e. The van der Waals surface area contributed by atoms with Crippen molar-refractivity contribution in [2.75, 3.05) is 44.8 Å². The Morgan fingerprint density at radius 3 is 2.83 bits per heavy atom. The zero-order valence-electron chi connectivity index (χ0n) is 13.3. The van der Waals surface area contributed by atoms with Gasteiger partial charge in [0.15, 0.2) is 0 Å². The minimum Gasteiger partial charge on any atom is -0.383 e. The number of rotatable bonds is 7. The van der Waals surface area contributed by atoms with Crippen LogP contribution in [0.4, 0.5) is 5.69 Å². The SMILES string of the molecule is COCCNCC(=O)NCC(=O)N1CCCc2ccccc21.Cl. The molecule has 2 rings (SSSR count). The average molecular weight is 342 g/mol. The number of nitrogens with zero attached hydrogens (tertiary/aromatic N) is 1. The number of nitrogens with one attached hydrogen (secondary N) is 2. The van der Waals surface area contributed by atoms with Gasteiger partial charge in [-0.25, -0.2) is 0 Å². The summed E-state index contributed by atoms with van der Waals surface area (Å²) in [6.07, 6.45) is 1.95. The molecular weight excluding hydrogens is 318 g/mol. The molecule has 1 aliphatic heterocycles. The zero-order chi connectivity index (χ0) is 15.8. The molecule has 6 nitrogen and oxygen atoms in total. The number of hydrogen-bond donors (Lipinski definition) is 2. The van der Waals surface area contributed by atoms with Crippen LogP contribution in [0, 0.1) is 0 Å². The first-order chi connectivity index (χ1) is 10.7. The maximum Gasteiger partial charge on any atom is 0.246 e. The number of carbonyl (C=O) groups is 2. The van der Waals surface area contributed by atoms with Gasteiger partial charge in [0.2, 0.25) is 11.8 Å². The number of halogens is 1. The number of fused-ring (bicyclic) bond motifs is 1. The Balaban J connectivity index is 0.00000264. The van der Waals surface area contributed by atoms with E-state index in [1.54, 1.807) is 12.0 Å². The lowest BCUT2D eigenvalue weighted by atomic mass is 10.0. The van der Waals surface area contributed by atoms with Crippen molar-refractivity contribution in [2.24, 2.45) is 0 Å². The molecule has 0 fully saturated rings.